The number of hydrogen-bond donors (Lipinski definition) is 0. The minimum absolute atomic E-state index is 0.635. The van der Waals surface area contributed by atoms with Gasteiger partial charge in [0, 0.05) is 24.8 Å². The first-order valence-electron chi connectivity index (χ1n) is 6.56. The van der Waals surface area contributed by atoms with Crippen LogP contribution in [0, 0.1) is 0 Å². The zero-order valence-corrected chi connectivity index (χ0v) is 12.3. The lowest BCUT2D eigenvalue weighted by atomic mass is 10.2. The molecule has 0 bridgehead atoms. The van der Waals surface area contributed by atoms with Crippen molar-refractivity contribution in [3.63, 3.8) is 0 Å². The van der Waals surface area contributed by atoms with E-state index in [0.717, 1.165) is 29.3 Å². The molecule has 2 heterocycles. The Morgan fingerprint density at radius 1 is 1.24 bits per heavy atom. The highest BCUT2D eigenvalue weighted by atomic mass is 32.2. The van der Waals surface area contributed by atoms with Crippen LogP contribution in [0.3, 0.4) is 0 Å². The monoisotopic (exact) mass is 302 g/mol. The molecule has 0 aliphatic heterocycles. The van der Waals surface area contributed by atoms with Gasteiger partial charge in [-0.15, -0.1) is 5.10 Å². The Labute approximate surface area is 125 Å². The third kappa shape index (κ3) is 3.46. The highest BCUT2D eigenvalue weighted by molar-refractivity contribution is 7.99. The second-order valence-electron chi connectivity index (χ2n) is 4.41. The Bertz CT molecular complexity index is 696. The van der Waals surface area contributed by atoms with Crippen molar-refractivity contribution < 1.29 is 4.52 Å². The molecule has 0 saturated heterocycles. The zero-order valence-electron chi connectivity index (χ0n) is 11.5. The van der Waals surface area contributed by atoms with Gasteiger partial charge in [-0.05, 0) is 16.8 Å². The summed E-state index contributed by atoms with van der Waals surface area (Å²) in [4.78, 5) is 4.40. The second kappa shape index (κ2) is 6.49. The lowest BCUT2D eigenvalue weighted by molar-refractivity contribution is 0.378. The van der Waals surface area contributed by atoms with Crippen LogP contribution in [0.15, 0.2) is 40.0 Å². The van der Waals surface area contributed by atoms with Gasteiger partial charge in [0.25, 0.3) is 0 Å². The van der Waals surface area contributed by atoms with E-state index in [1.165, 1.54) is 0 Å². The molecule has 0 N–H and O–H groups in total. The Morgan fingerprint density at radius 3 is 2.86 bits per heavy atom. The summed E-state index contributed by atoms with van der Waals surface area (Å²) in [6.07, 6.45) is 1.67. The predicted molar refractivity (Wildman–Crippen MR) is 77.6 cm³/mol. The van der Waals surface area contributed by atoms with E-state index in [2.05, 4.69) is 25.7 Å². The minimum atomic E-state index is 0.635. The molecule has 0 fully saturated rings. The SMILES string of the molecule is Cn1nnnc1SCCCc1nc(-c2ccccc2)no1. The maximum atomic E-state index is 5.26. The summed E-state index contributed by atoms with van der Waals surface area (Å²) in [7, 11) is 1.83. The van der Waals surface area contributed by atoms with Crippen LogP contribution in [0.2, 0.25) is 0 Å². The van der Waals surface area contributed by atoms with Crippen LogP contribution in [0.25, 0.3) is 11.4 Å². The van der Waals surface area contributed by atoms with Crippen molar-refractivity contribution in [1.82, 2.24) is 30.3 Å². The van der Waals surface area contributed by atoms with E-state index >= 15 is 0 Å². The number of nitrogens with zero attached hydrogens (tertiary/aromatic N) is 6. The molecule has 7 nitrogen and oxygen atoms in total. The lowest BCUT2D eigenvalue weighted by Gasteiger charge is -1.97. The molecule has 8 heteroatoms. The fraction of sp³-hybridized carbons (Fsp3) is 0.308. The fourth-order valence-electron chi connectivity index (χ4n) is 1.79. The van der Waals surface area contributed by atoms with Crippen LogP contribution in [-0.2, 0) is 13.5 Å². The predicted octanol–water partition coefficient (Wildman–Crippen LogP) is 1.98. The Kier molecular flexibility index (Phi) is 4.25. The van der Waals surface area contributed by atoms with Crippen molar-refractivity contribution in [2.24, 2.45) is 7.05 Å². The number of rotatable bonds is 6. The quantitative estimate of drug-likeness (QED) is 0.508. The van der Waals surface area contributed by atoms with E-state index in [4.69, 9.17) is 4.52 Å². The van der Waals surface area contributed by atoms with Crippen molar-refractivity contribution >= 4 is 11.8 Å². The maximum absolute atomic E-state index is 5.26. The Balaban J connectivity index is 1.50. The standard InChI is InChI=1S/C13H14N6OS/c1-19-13(15-17-18-19)21-9-5-8-11-14-12(16-20-11)10-6-3-2-4-7-10/h2-4,6-7H,5,8-9H2,1H3. The number of aryl methyl sites for hydroxylation is 2. The molecule has 2 aromatic heterocycles. The van der Waals surface area contributed by atoms with E-state index in [0.29, 0.717) is 11.7 Å². The number of tetrazole rings is 1. The van der Waals surface area contributed by atoms with Crippen molar-refractivity contribution in [1.29, 1.82) is 0 Å². The molecule has 3 rings (SSSR count). The van der Waals surface area contributed by atoms with Gasteiger partial charge in [-0.2, -0.15) is 4.98 Å². The molecule has 0 aliphatic rings. The van der Waals surface area contributed by atoms with Crippen molar-refractivity contribution in [3.05, 3.63) is 36.2 Å². The van der Waals surface area contributed by atoms with Crippen molar-refractivity contribution in [2.75, 3.05) is 5.75 Å². The number of hydrogen-bond acceptors (Lipinski definition) is 7. The summed E-state index contributed by atoms with van der Waals surface area (Å²) in [5.41, 5.74) is 0.965. The summed E-state index contributed by atoms with van der Waals surface area (Å²) in [6.45, 7) is 0. The van der Waals surface area contributed by atoms with Crippen LogP contribution in [-0.4, -0.2) is 36.1 Å². The summed E-state index contributed by atoms with van der Waals surface area (Å²) in [6, 6.07) is 9.80. The molecule has 3 aromatic rings. The van der Waals surface area contributed by atoms with Gasteiger partial charge in [-0.3, -0.25) is 0 Å². The highest BCUT2D eigenvalue weighted by Gasteiger charge is 2.08. The Hall–Kier alpha value is -2.22. The number of thioether (sulfide) groups is 1. The molecule has 108 valence electrons. The number of benzene rings is 1. The molecular weight excluding hydrogens is 288 g/mol. The van der Waals surface area contributed by atoms with Gasteiger partial charge in [0.05, 0.1) is 0 Å². The average Bonchev–Trinajstić information content (AvgIpc) is 3.14. The number of aromatic nitrogens is 6. The van der Waals surface area contributed by atoms with Gasteiger partial charge in [-0.25, -0.2) is 4.68 Å². The molecular formula is C13H14N6OS. The van der Waals surface area contributed by atoms with Crippen LogP contribution in [0.4, 0.5) is 0 Å². The molecule has 0 radical (unpaired) electrons. The first kappa shape index (κ1) is 13.7. The van der Waals surface area contributed by atoms with E-state index < -0.39 is 0 Å². The van der Waals surface area contributed by atoms with Crippen LogP contribution in [0.1, 0.15) is 12.3 Å². The molecule has 0 spiro atoms. The van der Waals surface area contributed by atoms with Crippen molar-refractivity contribution in [2.45, 2.75) is 18.0 Å². The van der Waals surface area contributed by atoms with Crippen molar-refractivity contribution in [3.8, 4) is 11.4 Å². The van der Waals surface area contributed by atoms with Crippen LogP contribution >= 0.6 is 11.8 Å². The summed E-state index contributed by atoms with van der Waals surface area (Å²) in [5.74, 6) is 2.19. The Morgan fingerprint density at radius 2 is 2.10 bits per heavy atom. The second-order valence-corrected chi connectivity index (χ2v) is 5.48. The summed E-state index contributed by atoms with van der Waals surface area (Å²) < 4.78 is 6.92. The van der Waals surface area contributed by atoms with Gasteiger partial charge in [0.1, 0.15) is 0 Å². The van der Waals surface area contributed by atoms with E-state index in [9.17, 15) is 0 Å². The molecule has 0 amide bonds. The minimum Gasteiger partial charge on any atom is -0.339 e. The maximum Gasteiger partial charge on any atom is 0.226 e. The fourth-order valence-corrected chi connectivity index (χ4v) is 2.58. The highest BCUT2D eigenvalue weighted by Crippen LogP contribution is 2.17. The van der Waals surface area contributed by atoms with Gasteiger partial charge >= 0.3 is 0 Å². The average molecular weight is 302 g/mol. The van der Waals surface area contributed by atoms with Gasteiger partial charge in [-0.1, -0.05) is 47.3 Å². The third-order valence-corrected chi connectivity index (χ3v) is 3.94. The largest absolute Gasteiger partial charge is 0.339 e. The molecule has 0 atom stereocenters. The first-order chi connectivity index (χ1) is 10.3. The van der Waals surface area contributed by atoms with E-state index in [1.807, 2.05) is 37.4 Å². The molecule has 21 heavy (non-hydrogen) atoms. The van der Waals surface area contributed by atoms with Gasteiger partial charge < -0.3 is 4.52 Å². The molecule has 0 unspecified atom stereocenters. The topological polar surface area (TPSA) is 82.5 Å². The van der Waals surface area contributed by atoms with Gasteiger partial charge in [0.15, 0.2) is 0 Å². The summed E-state index contributed by atoms with van der Waals surface area (Å²) >= 11 is 1.61. The van der Waals surface area contributed by atoms with Crippen LogP contribution < -0.4 is 0 Å². The van der Waals surface area contributed by atoms with E-state index in [1.54, 1.807) is 16.4 Å². The van der Waals surface area contributed by atoms with Crippen LogP contribution in [0.5, 0.6) is 0 Å². The third-order valence-electron chi connectivity index (χ3n) is 2.85. The van der Waals surface area contributed by atoms with E-state index in [-0.39, 0.29) is 0 Å². The zero-order chi connectivity index (χ0) is 14.5. The molecule has 0 saturated carbocycles. The molecule has 0 aliphatic carbocycles. The van der Waals surface area contributed by atoms with Gasteiger partial charge in [0.2, 0.25) is 16.9 Å². The lowest BCUT2D eigenvalue weighted by Crippen LogP contribution is -1.95. The smallest absolute Gasteiger partial charge is 0.226 e. The summed E-state index contributed by atoms with van der Waals surface area (Å²) in [5, 5.41) is 16.1. The molecule has 1 aromatic carbocycles. The normalized spacial score (nSPS) is 10.9. The first-order valence-corrected chi connectivity index (χ1v) is 7.54.